The van der Waals surface area contributed by atoms with Crippen LogP contribution in [0.5, 0.6) is 0 Å². The zero-order chi connectivity index (χ0) is 28.4. The van der Waals surface area contributed by atoms with Crippen molar-refractivity contribution in [1.82, 2.24) is 24.8 Å². The number of likely N-dealkylation sites (tertiary alicyclic amines) is 1. The van der Waals surface area contributed by atoms with Gasteiger partial charge in [-0.3, -0.25) is 4.79 Å². The van der Waals surface area contributed by atoms with Gasteiger partial charge in [0, 0.05) is 42.5 Å². The summed E-state index contributed by atoms with van der Waals surface area (Å²) in [6, 6.07) is 4.20. The highest BCUT2D eigenvalue weighted by Crippen LogP contribution is 2.34. The number of halogens is 5. The number of aryl methyl sites for hydroxylation is 1. The number of nitrogens with zero attached hydrogens (tertiary/aromatic N) is 5. The first kappa shape index (κ1) is 28.3. The predicted octanol–water partition coefficient (Wildman–Crippen LogP) is 4.14. The standard InChI is InChI=1S/C26H27F5N6O2/c1-15-33-13-18(25(2,39)14-34-24-32-9-6-21(36-24)26(29,30)31)23(35-15)16-7-10-37(11-8-16)22(38)12-17-19(27)4-3-5-20(17)28/h3-6,9,13,16,39H,7-8,10-12,14H2,1-2H3,(H,32,34,36). The smallest absolute Gasteiger partial charge is 0.383 e. The molecule has 39 heavy (non-hydrogen) atoms. The Morgan fingerprint density at radius 3 is 2.41 bits per heavy atom. The molecule has 0 spiro atoms. The van der Waals surface area contributed by atoms with E-state index in [2.05, 4.69) is 25.3 Å². The van der Waals surface area contributed by atoms with Crippen molar-refractivity contribution in [1.29, 1.82) is 0 Å². The first-order valence-corrected chi connectivity index (χ1v) is 12.3. The van der Waals surface area contributed by atoms with E-state index in [1.165, 1.54) is 19.2 Å². The number of nitrogens with one attached hydrogen (secondary N) is 1. The van der Waals surface area contributed by atoms with Crippen molar-refractivity contribution in [2.75, 3.05) is 25.0 Å². The molecular weight excluding hydrogens is 523 g/mol. The fourth-order valence-electron chi connectivity index (χ4n) is 4.53. The van der Waals surface area contributed by atoms with E-state index < -0.39 is 35.0 Å². The zero-order valence-electron chi connectivity index (χ0n) is 21.3. The highest BCUT2D eigenvalue weighted by Gasteiger charge is 2.35. The Morgan fingerprint density at radius 2 is 1.77 bits per heavy atom. The molecule has 1 amide bonds. The lowest BCUT2D eigenvalue weighted by Gasteiger charge is -2.34. The number of hydrogen-bond acceptors (Lipinski definition) is 7. The number of hydrogen-bond donors (Lipinski definition) is 2. The Hall–Kier alpha value is -3.74. The Morgan fingerprint density at radius 1 is 1.10 bits per heavy atom. The molecule has 1 aromatic carbocycles. The number of aliphatic hydroxyl groups is 1. The molecule has 4 rings (SSSR count). The van der Waals surface area contributed by atoms with E-state index in [1.54, 1.807) is 11.8 Å². The zero-order valence-corrected chi connectivity index (χ0v) is 21.3. The van der Waals surface area contributed by atoms with Crippen molar-refractivity contribution < 1.29 is 31.9 Å². The second-order valence-electron chi connectivity index (χ2n) is 9.64. The third-order valence-corrected chi connectivity index (χ3v) is 6.68. The van der Waals surface area contributed by atoms with Crippen LogP contribution in [0.3, 0.4) is 0 Å². The van der Waals surface area contributed by atoms with Crippen LogP contribution in [0.15, 0.2) is 36.7 Å². The fraction of sp³-hybridized carbons (Fsp3) is 0.423. The van der Waals surface area contributed by atoms with Crippen molar-refractivity contribution in [2.45, 2.75) is 50.8 Å². The van der Waals surface area contributed by atoms with Crippen LogP contribution in [0, 0.1) is 18.6 Å². The predicted molar refractivity (Wildman–Crippen MR) is 130 cm³/mol. The maximum Gasteiger partial charge on any atom is 0.433 e. The van der Waals surface area contributed by atoms with Crippen LogP contribution in [-0.2, 0) is 23.0 Å². The van der Waals surface area contributed by atoms with Crippen molar-refractivity contribution >= 4 is 11.9 Å². The molecule has 1 unspecified atom stereocenters. The van der Waals surface area contributed by atoms with Gasteiger partial charge in [0.15, 0.2) is 0 Å². The minimum absolute atomic E-state index is 0.160. The van der Waals surface area contributed by atoms with E-state index in [-0.39, 0.29) is 30.4 Å². The lowest BCUT2D eigenvalue weighted by Crippen LogP contribution is -2.40. The number of amides is 1. The number of benzene rings is 1. The summed E-state index contributed by atoms with van der Waals surface area (Å²) < 4.78 is 66.9. The lowest BCUT2D eigenvalue weighted by molar-refractivity contribution is -0.141. The van der Waals surface area contributed by atoms with Crippen molar-refractivity contribution in [3.63, 3.8) is 0 Å². The average molecular weight is 551 g/mol. The lowest BCUT2D eigenvalue weighted by atomic mass is 9.85. The van der Waals surface area contributed by atoms with Gasteiger partial charge in [-0.15, -0.1) is 0 Å². The molecule has 2 N–H and O–H groups in total. The maximum atomic E-state index is 14.0. The van der Waals surface area contributed by atoms with Crippen LogP contribution in [0.25, 0.3) is 0 Å². The van der Waals surface area contributed by atoms with Gasteiger partial charge in [0.2, 0.25) is 11.9 Å². The van der Waals surface area contributed by atoms with Gasteiger partial charge in [0.25, 0.3) is 0 Å². The first-order valence-electron chi connectivity index (χ1n) is 12.3. The summed E-state index contributed by atoms with van der Waals surface area (Å²) in [7, 11) is 0. The monoisotopic (exact) mass is 550 g/mol. The van der Waals surface area contributed by atoms with E-state index in [9.17, 15) is 31.9 Å². The van der Waals surface area contributed by atoms with Crippen LogP contribution in [0.4, 0.5) is 27.9 Å². The summed E-state index contributed by atoms with van der Waals surface area (Å²) >= 11 is 0. The third-order valence-electron chi connectivity index (χ3n) is 6.68. The molecule has 3 heterocycles. The second-order valence-corrected chi connectivity index (χ2v) is 9.64. The Labute approximate surface area is 221 Å². The molecule has 3 aromatic rings. The highest BCUT2D eigenvalue weighted by atomic mass is 19.4. The normalized spacial score (nSPS) is 16.2. The van der Waals surface area contributed by atoms with E-state index in [4.69, 9.17) is 0 Å². The second kappa shape index (κ2) is 11.2. The molecule has 208 valence electrons. The largest absolute Gasteiger partial charge is 0.433 e. The number of aromatic nitrogens is 4. The number of alkyl halides is 3. The van der Waals surface area contributed by atoms with Gasteiger partial charge in [-0.25, -0.2) is 28.7 Å². The van der Waals surface area contributed by atoms with Crippen LogP contribution >= 0.6 is 0 Å². The van der Waals surface area contributed by atoms with E-state index in [0.29, 0.717) is 43.0 Å². The van der Waals surface area contributed by atoms with Crippen molar-refractivity contribution in [2.24, 2.45) is 0 Å². The molecule has 1 aliphatic heterocycles. The first-order chi connectivity index (χ1) is 18.3. The van der Waals surface area contributed by atoms with Crippen LogP contribution in [0.1, 0.15) is 54.0 Å². The number of rotatable bonds is 7. The fourth-order valence-corrected chi connectivity index (χ4v) is 4.53. The van der Waals surface area contributed by atoms with Crippen molar-refractivity contribution in [3.05, 3.63) is 76.6 Å². The van der Waals surface area contributed by atoms with Crippen molar-refractivity contribution in [3.8, 4) is 0 Å². The Balaban J connectivity index is 1.45. The van der Waals surface area contributed by atoms with Gasteiger partial charge in [-0.05, 0) is 44.9 Å². The topological polar surface area (TPSA) is 104 Å². The summed E-state index contributed by atoms with van der Waals surface area (Å²) in [5.74, 6) is -1.93. The summed E-state index contributed by atoms with van der Waals surface area (Å²) in [5, 5.41) is 13.9. The van der Waals surface area contributed by atoms with E-state index >= 15 is 0 Å². The Kier molecular flexibility index (Phi) is 8.09. The molecule has 0 bridgehead atoms. The number of carbonyl (C=O) groups is 1. The van der Waals surface area contributed by atoms with Crippen LogP contribution in [0.2, 0.25) is 0 Å². The van der Waals surface area contributed by atoms with Gasteiger partial charge >= 0.3 is 6.18 Å². The highest BCUT2D eigenvalue weighted by molar-refractivity contribution is 5.79. The van der Waals surface area contributed by atoms with Gasteiger partial charge in [-0.1, -0.05) is 6.07 Å². The summed E-state index contributed by atoms with van der Waals surface area (Å²) in [6.07, 6.45) is -1.61. The van der Waals surface area contributed by atoms with Gasteiger partial charge in [-0.2, -0.15) is 13.2 Å². The molecular formula is C26H27F5N6O2. The molecule has 0 radical (unpaired) electrons. The summed E-state index contributed by atoms with van der Waals surface area (Å²) in [5.41, 5.74) is -2.04. The SMILES string of the molecule is Cc1ncc(C(C)(O)CNc2nccc(C(F)(F)F)n2)c(C2CCN(C(=O)Cc3c(F)cccc3F)CC2)n1. The minimum atomic E-state index is -4.64. The molecule has 1 atom stereocenters. The maximum absolute atomic E-state index is 14.0. The Bertz CT molecular complexity index is 1320. The molecule has 8 nitrogen and oxygen atoms in total. The molecule has 1 aliphatic rings. The quantitative estimate of drug-likeness (QED) is 0.426. The summed E-state index contributed by atoms with van der Waals surface area (Å²) in [6.45, 7) is 3.59. The van der Waals surface area contributed by atoms with Crippen LogP contribution < -0.4 is 5.32 Å². The summed E-state index contributed by atoms with van der Waals surface area (Å²) in [4.78, 5) is 30.3. The molecule has 13 heteroatoms. The van der Waals surface area contributed by atoms with E-state index in [0.717, 1.165) is 24.4 Å². The third kappa shape index (κ3) is 6.64. The molecule has 1 saturated heterocycles. The molecule has 0 saturated carbocycles. The number of anilines is 1. The van der Waals surface area contributed by atoms with Gasteiger partial charge < -0.3 is 15.3 Å². The molecule has 1 fully saturated rings. The van der Waals surface area contributed by atoms with Crippen LogP contribution in [-0.4, -0.2) is 55.5 Å². The number of piperidine rings is 1. The minimum Gasteiger partial charge on any atom is -0.383 e. The van der Waals surface area contributed by atoms with Gasteiger partial charge in [0.1, 0.15) is 28.8 Å². The molecule has 2 aromatic heterocycles. The van der Waals surface area contributed by atoms with E-state index in [1.807, 2.05) is 0 Å². The average Bonchev–Trinajstić information content (AvgIpc) is 2.89. The van der Waals surface area contributed by atoms with Gasteiger partial charge in [0.05, 0.1) is 18.7 Å². The molecule has 0 aliphatic carbocycles. The number of carbonyl (C=O) groups excluding carboxylic acids is 1.